The second-order valence-electron chi connectivity index (χ2n) is 5.68. The van der Waals surface area contributed by atoms with Crippen molar-refractivity contribution in [3.8, 4) is 0 Å². The SMILES string of the molecule is c1ccc(CCNc2ccccc2SC2CCCC2)cc1. The van der Waals surface area contributed by atoms with Crippen molar-refractivity contribution in [3.05, 3.63) is 60.2 Å². The van der Waals surface area contributed by atoms with Crippen LogP contribution in [0.5, 0.6) is 0 Å². The first-order valence-corrected chi connectivity index (χ1v) is 8.83. The van der Waals surface area contributed by atoms with Gasteiger partial charge in [-0.05, 0) is 37.0 Å². The Hall–Kier alpha value is -1.41. The van der Waals surface area contributed by atoms with E-state index in [2.05, 4.69) is 71.7 Å². The van der Waals surface area contributed by atoms with Crippen molar-refractivity contribution in [2.75, 3.05) is 11.9 Å². The maximum atomic E-state index is 3.61. The highest BCUT2D eigenvalue weighted by molar-refractivity contribution is 8.00. The van der Waals surface area contributed by atoms with Crippen LogP contribution in [0, 0.1) is 0 Å². The highest BCUT2D eigenvalue weighted by Crippen LogP contribution is 2.37. The van der Waals surface area contributed by atoms with Crippen LogP contribution in [-0.2, 0) is 6.42 Å². The molecular formula is C19H23NS. The van der Waals surface area contributed by atoms with Gasteiger partial charge in [0, 0.05) is 22.4 Å². The third-order valence-corrected chi connectivity index (χ3v) is 5.47. The number of thioether (sulfide) groups is 1. The molecule has 1 saturated carbocycles. The zero-order valence-corrected chi connectivity index (χ0v) is 13.2. The minimum Gasteiger partial charge on any atom is -0.384 e. The van der Waals surface area contributed by atoms with Gasteiger partial charge in [0.2, 0.25) is 0 Å². The van der Waals surface area contributed by atoms with Gasteiger partial charge in [0.1, 0.15) is 0 Å². The largest absolute Gasteiger partial charge is 0.384 e. The summed E-state index contributed by atoms with van der Waals surface area (Å²) < 4.78 is 0. The standard InChI is InChI=1S/C19H23NS/c1-2-8-16(9-3-1)14-15-20-18-12-6-7-13-19(18)21-17-10-4-5-11-17/h1-3,6-9,12-13,17,20H,4-5,10-11,14-15H2. The molecule has 2 aromatic carbocycles. The minimum absolute atomic E-state index is 0.821. The minimum atomic E-state index is 0.821. The number of hydrogen-bond acceptors (Lipinski definition) is 2. The van der Waals surface area contributed by atoms with Crippen molar-refractivity contribution in [2.45, 2.75) is 42.2 Å². The van der Waals surface area contributed by atoms with Gasteiger partial charge in [-0.2, -0.15) is 0 Å². The Morgan fingerprint density at radius 3 is 2.43 bits per heavy atom. The van der Waals surface area contributed by atoms with Gasteiger partial charge in [-0.3, -0.25) is 0 Å². The van der Waals surface area contributed by atoms with Crippen LogP contribution in [0.1, 0.15) is 31.2 Å². The zero-order chi connectivity index (χ0) is 14.3. The molecule has 0 saturated heterocycles. The van der Waals surface area contributed by atoms with Crippen molar-refractivity contribution in [1.82, 2.24) is 0 Å². The Kier molecular flexibility index (Phi) is 5.23. The molecule has 1 N–H and O–H groups in total. The summed E-state index contributed by atoms with van der Waals surface area (Å²) in [6.07, 6.45) is 6.64. The lowest BCUT2D eigenvalue weighted by Crippen LogP contribution is -2.06. The van der Waals surface area contributed by atoms with E-state index in [1.807, 2.05) is 0 Å². The lowest BCUT2D eigenvalue weighted by Gasteiger charge is -2.14. The van der Waals surface area contributed by atoms with E-state index in [0.717, 1.165) is 18.2 Å². The van der Waals surface area contributed by atoms with Crippen molar-refractivity contribution < 1.29 is 0 Å². The topological polar surface area (TPSA) is 12.0 Å². The summed E-state index contributed by atoms with van der Waals surface area (Å²) in [6.45, 7) is 0.992. The number of nitrogens with one attached hydrogen (secondary N) is 1. The molecule has 110 valence electrons. The Labute approximate surface area is 132 Å². The van der Waals surface area contributed by atoms with E-state index in [1.54, 1.807) is 0 Å². The van der Waals surface area contributed by atoms with E-state index in [-0.39, 0.29) is 0 Å². The predicted octanol–water partition coefficient (Wildman–Crippen LogP) is 5.38. The maximum absolute atomic E-state index is 3.61. The van der Waals surface area contributed by atoms with Crippen molar-refractivity contribution in [3.63, 3.8) is 0 Å². The molecule has 1 aliphatic rings. The molecule has 1 aliphatic carbocycles. The molecule has 0 amide bonds. The Balaban J connectivity index is 1.57. The van der Waals surface area contributed by atoms with Crippen LogP contribution in [-0.4, -0.2) is 11.8 Å². The summed E-state index contributed by atoms with van der Waals surface area (Å²) in [7, 11) is 0. The lowest BCUT2D eigenvalue weighted by molar-refractivity contribution is 0.886. The number of hydrogen-bond donors (Lipinski definition) is 1. The van der Waals surface area contributed by atoms with Gasteiger partial charge in [-0.25, -0.2) is 0 Å². The van der Waals surface area contributed by atoms with Gasteiger partial charge >= 0.3 is 0 Å². The number of rotatable bonds is 6. The second kappa shape index (κ2) is 7.56. The highest BCUT2D eigenvalue weighted by Gasteiger charge is 2.17. The van der Waals surface area contributed by atoms with E-state index in [9.17, 15) is 0 Å². The molecule has 21 heavy (non-hydrogen) atoms. The molecule has 0 aliphatic heterocycles. The van der Waals surface area contributed by atoms with Gasteiger partial charge in [0.25, 0.3) is 0 Å². The van der Waals surface area contributed by atoms with Crippen LogP contribution in [0.15, 0.2) is 59.5 Å². The van der Waals surface area contributed by atoms with Crippen LogP contribution in [0.3, 0.4) is 0 Å². The van der Waals surface area contributed by atoms with Crippen LogP contribution in [0.25, 0.3) is 0 Å². The molecular weight excluding hydrogens is 274 g/mol. The fraction of sp³-hybridized carbons (Fsp3) is 0.368. The number of benzene rings is 2. The Morgan fingerprint density at radius 2 is 1.62 bits per heavy atom. The van der Waals surface area contributed by atoms with Gasteiger partial charge in [-0.15, -0.1) is 11.8 Å². The summed E-state index contributed by atoms with van der Waals surface area (Å²) in [6, 6.07) is 19.4. The predicted molar refractivity (Wildman–Crippen MR) is 93.2 cm³/mol. The molecule has 2 aromatic rings. The third-order valence-electron chi connectivity index (χ3n) is 4.05. The summed E-state index contributed by atoms with van der Waals surface area (Å²) in [5.74, 6) is 0. The Bertz CT molecular complexity index is 547. The molecule has 3 rings (SSSR count). The van der Waals surface area contributed by atoms with E-state index >= 15 is 0 Å². The van der Waals surface area contributed by atoms with Crippen LogP contribution in [0.2, 0.25) is 0 Å². The fourth-order valence-corrected chi connectivity index (χ4v) is 4.24. The van der Waals surface area contributed by atoms with Crippen molar-refractivity contribution in [2.24, 2.45) is 0 Å². The average molecular weight is 297 g/mol. The lowest BCUT2D eigenvalue weighted by atomic mass is 10.1. The zero-order valence-electron chi connectivity index (χ0n) is 12.4. The first-order valence-electron chi connectivity index (χ1n) is 7.95. The first kappa shape index (κ1) is 14.5. The average Bonchev–Trinajstić information content (AvgIpc) is 3.03. The van der Waals surface area contributed by atoms with Crippen LogP contribution < -0.4 is 5.32 Å². The Morgan fingerprint density at radius 1 is 0.905 bits per heavy atom. The van der Waals surface area contributed by atoms with Crippen molar-refractivity contribution >= 4 is 17.4 Å². The molecule has 2 heteroatoms. The second-order valence-corrected chi connectivity index (χ2v) is 7.03. The summed E-state index contributed by atoms with van der Waals surface area (Å²) in [4.78, 5) is 1.41. The third kappa shape index (κ3) is 4.28. The maximum Gasteiger partial charge on any atom is 0.0478 e. The smallest absolute Gasteiger partial charge is 0.0478 e. The molecule has 0 heterocycles. The molecule has 1 fully saturated rings. The first-order chi connectivity index (χ1) is 10.4. The van der Waals surface area contributed by atoms with Crippen LogP contribution in [0.4, 0.5) is 5.69 Å². The quantitative estimate of drug-likeness (QED) is 0.768. The molecule has 0 radical (unpaired) electrons. The van der Waals surface area contributed by atoms with Gasteiger partial charge in [0.05, 0.1) is 0 Å². The summed E-state index contributed by atoms with van der Waals surface area (Å²) in [5.41, 5.74) is 2.69. The van der Waals surface area contributed by atoms with Crippen molar-refractivity contribution in [1.29, 1.82) is 0 Å². The molecule has 0 unspecified atom stereocenters. The number of para-hydroxylation sites is 1. The van der Waals surface area contributed by atoms with Gasteiger partial charge in [0.15, 0.2) is 0 Å². The molecule has 1 nitrogen and oxygen atoms in total. The van der Waals surface area contributed by atoms with E-state index in [4.69, 9.17) is 0 Å². The molecule has 0 aromatic heterocycles. The normalized spacial score (nSPS) is 15.2. The van der Waals surface area contributed by atoms with Crippen LogP contribution >= 0.6 is 11.8 Å². The van der Waals surface area contributed by atoms with E-state index < -0.39 is 0 Å². The molecule has 0 bridgehead atoms. The molecule has 0 atom stereocenters. The van der Waals surface area contributed by atoms with Gasteiger partial charge < -0.3 is 5.32 Å². The van der Waals surface area contributed by atoms with E-state index in [0.29, 0.717) is 0 Å². The summed E-state index contributed by atoms with van der Waals surface area (Å²) in [5, 5.41) is 4.44. The molecule has 0 spiro atoms. The van der Waals surface area contributed by atoms with Gasteiger partial charge in [-0.1, -0.05) is 55.3 Å². The summed E-state index contributed by atoms with van der Waals surface area (Å²) >= 11 is 2.06. The fourth-order valence-electron chi connectivity index (χ4n) is 2.89. The number of anilines is 1. The monoisotopic (exact) mass is 297 g/mol. The highest BCUT2D eigenvalue weighted by atomic mass is 32.2. The van der Waals surface area contributed by atoms with E-state index in [1.165, 1.54) is 41.8 Å².